The van der Waals surface area contributed by atoms with Crippen LogP contribution in [0.4, 0.5) is 0 Å². The Labute approximate surface area is 165 Å². The Kier molecular flexibility index (Phi) is 3.83. The fraction of sp³-hybridized carbons (Fsp3) is 0.800. The number of carbonyl (C=O) groups excluding carboxylic acids is 1. The molecular weight excluding hydrogens is 330 g/mol. The second kappa shape index (κ2) is 5.74. The summed E-state index contributed by atoms with van der Waals surface area (Å²) in [4.78, 5) is 13.5. The molecule has 0 aliphatic heterocycles. The van der Waals surface area contributed by atoms with E-state index in [1.54, 1.807) is 11.1 Å². The Balaban J connectivity index is 1.43. The Morgan fingerprint density at radius 1 is 1.19 bits per heavy atom. The number of amides is 1. The molecule has 0 aromatic heterocycles. The van der Waals surface area contributed by atoms with Gasteiger partial charge in [0, 0.05) is 5.54 Å². The van der Waals surface area contributed by atoms with E-state index in [0.717, 1.165) is 18.8 Å². The van der Waals surface area contributed by atoms with Gasteiger partial charge < -0.3 is 5.32 Å². The lowest BCUT2D eigenvalue weighted by molar-refractivity contribution is -0.155. The molecule has 2 nitrogen and oxygen atoms in total. The molecule has 0 aromatic carbocycles. The van der Waals surface area contributed by atoms with Crippen LogP contribution in [0.1, 0.15) is 85.5 Å². The van der Waals surface area contributed by atoms with Crippen molar-refractivity contribution in [1.82, 2.24) is 5.32 Å². The third-order valence-electron chi connectivity index (χ3n) is 9.52. The summed E-state index contributed by atoms with van der Waals surface area (Å²) in [5, 5.41) is 3.54. The van der Waals surface area contributed by atoms with Crippen LogP contribution in [0.5, 0.6) is 0 Å². The molecule has 2 heteroatoms. The summed E-state index contributed by atoms with van der Waals surface area (Å²) in [5.74, 6) is 3.10. The lowest BCUT2D eigenvalue weighted by atomic mass is 9.46. The SMILES string of the molecule is CC(C)C1=CC2=CC[C@@H]3[C@](C)(CCC[C@@]3(C)C(=O)NC34CC(C3)C4)[C@H]2CC1. The van der Waals surface area contributed by atoms with Gasteiger partial charge in [-0.25, -0.2) is 0 Å². The predicted molar refractivity (Wildman–Crippen MR) is 110 cm³/mol. The molecule has 0 spiro atoms. The minimum absolute atomic E-state index is 0.188. The van der Waals surface area contributed by atoms with E-state index in [-0.39, 0.29) is 16.4 Å². The van der Waals surface area contributed by atoms with Crippen LogP contribution in [0.25, 0.3) is 0 Å². The van der Waals surface area contributed by atoms with Crippen molar-refractivity contribution in [3.8, 4) is 0 Å². The van der Waals surface area contributed by atoms with Crippen LogP contribution >= 0.6 is 0 Å². The summed E-state index contributed by atoms with van der Waals surface area (Å²) < 4.78 is 0. The molecule has 0 radical (unpaired) electrons. The van der Waals surface area contributed by atoms with E-state index < -0.39 is 0 Å². The number of hydrogen-bond donors (Lipinski definition) is 1. The van der Waals surface area contributed by atoms with Gasteiger partial charge in [-0.05, 0) is 86.0 Å². The topological polar surface area (TPSA) is 29.1 Å². The highest BCUT2D eigenvalue weighted by Crippen LogP contribution is 2.63. The first-order valence-corrected chi connectivity index (χ1v) is 11.5. The highest BCUT2D eigenvalue weighted by atomic mass is 16.2. The van der Waals surface area contributed by atoms with Gasteiger partial charge in [-0.2, -0.15) is 0 Å². The molecule has 4 saturated carbocycles. The molecule has 6 rings (SSSR count). The minimum atomic E-state index is -0.188. The molecule has 4 fully saturated rings. The van der Waals surface area contributed by atoms with Crippen molar-refractivity contribution in [2.75, 3.05) is 0 Å². The molecule has 4 atom stereocenters. The van der Waals surface area contributed by atoms with Gasteiger partial charge in [0.05, 0.1) is 5.41 Å². The maximum absolute atomic E-state index is 13.5. The van der Waals surface area contributed by atoms with Gasteiger partial charge in [0.15, 0.2) is 0 Å². The lowest BCUT2D eigenvalue weighted by Crippen LogP contribution is -2.70. The third-order valence-corrected chi connectivity index (χ3v) is 9.52. The number of hydrogen-bond acceptors (Lipinski definition) is 1. The van der Waals surface area contributed by atoms with Crippen molar-refractivity contribution >= 4 is 5.91 Å². The van der Waals surface area contributed by atoms with Crippen LogP contribution in [-0.4, -0.2) is 11.4 Å². The number of rotatable bonds is 3. The van der Waals surface area contributed by atoms with Crippen molar-refractivity contribution in [3.05, 3.63) is 23.3 Å². The van der Waals surface area contributed by atoms with Crippen molar-refractivity contribution in [2.45, 2.75) is 91.0 Å². The molecule has 0 heterocycles. The van der Waals surface area contributed by atoms with Crippen LogP contribution in [0.3, 0.4) is 0 Å². The van der Waals surface area contributed by atoms with Gasteiger partial charge >= 0.3 is 0 Å². The van der Waals surface area contributed by atoms with Crippen molar-refractivity contribution in [3.63, 3.8) is 0 Å². The van der Waals surface area contributed by atoms with Crippen LogP contribution in [0.15, 0.2) is 23.3 Å². The number of fused-ring (bicyclic) bond motifs is 3. The van der Waals surface area contributed by atoms with E-state index in [9.17, 15) is 4.79 Å². The van der Waals surface area contributed by atoms with Crippen molar-refractivity contribution < 1.29 is 4.79 Å². The summed E-state index contributed by atoms with van der Waals surface area (Å²) in [6.07, 6.45) is 15.9. The summed E-state index contributed by atoms with van der Waals surface area (Å²) in [7, 11) is 0. The zero-order chi connectivity index (χ0) is 19.0. The average molecular weight is 368 g/mol. The summed E-state index contributed by atoms with van der Waals surface area (Å²) in [5.41, 5.74) is 3.51. The smallest absolute Gasteiger partial charge is 0.226 e. The molecule has 6 aliphatic rings. The van der Waals surface area contributed by atoms with Gasteiger partial charge in [0.2, 0.25) is 5.91 Å². The Morgan fingerprint density at radius 2 is 1.93 bits per heavy atom. The monoisotopic (exact) mass is 367 g/mol. The summed E-state index contributed by atoms with van der Waals surface area (Å²) in [6.45, 7) is 9.47. The molecule has 0 saturated heterocycles. The standard InChI is InChI=1S/C25H37NO/c1-16(2)18-6-8-20-19(12-18)7-9-21-23(20,3)10-5-11-24(21,4)22(27)26-25-13-17(14-25)15-25/h7,12,16-17,20-21H,5-6,8-11,13-15H2,1-4H3,(H,26,27)/t17?,20-,21+,23+,24+,25?/m0/s1. The first-order valence-electron chi connectivity index (χ1n) is 11.5. The van der Waals surface area contributed by atoms with E-state index >= 15 is 0 Å². The zero-order valence-corrected chi connectivity index (χ0v) is 17.7. The molecule has 27 heavy (non-hydrogen) atoms. The average Bonchev–Trinajstić information content (AvgIpc) is 2.56. The summed E-state index contributed by atoms with van der Waals surface area (Å²) >= 11 is 0. The third kappa shape index (κ3) is 2.47. The number of carbonyl (C=O) groups is 1. The fourth-order valence-electron chi connectivity index (χ4n) is 7.63. The molecule has 2 bridgehead atoms. The Hall–Kier alpha value is -1.05. The van der Waals surface area contributed by atoms with E-state index in [1.165, 1.54) is 44.9 Å². The molecule has 148 valence electrons. The Morgan fingerprint density at radius 3 is 2.56 bits per heavy atom. The van der Waals surface area contributed by atoms with E-state index in [1.807, 2.05) is 0 Å². The van der Waals surface area contributed by atoms with Crippen molar-refractivity contribution in [2.24, 2.45) is 34.5 Å². The number of allylic oxidation sites excluding steroid dienone is 4. The normalized spacial score (nSPS) is 47.7. The lowest BCUT2D eigenvalue weighted by Gasteiger charge is -2.64. The molecule has 0 aromatic rings. The largest absolute Gasteiger partial charge is 0.350 e. The van der Waals surface area contributed by atoms with E-state index in [4.69, 9.17) is 0 Å². The second-order valence-corrected chi connectivity index (χ2v) is 11.4. The van der Waals surface area contributed by atoms with Gasteiger partial charge in [0.25, 0.3) is 0 Å². The van der Waals surface area contributed by atoms with Crippen LogP contribution in [0, 0.1) is 34.5 Å². The molecule has 1 amide bonds. The molecular formula is C25H37NO. The molecule has 6 aliphatic carbocycles. The van der Waals surface area contributed by atoms with Crippen LogP contribution < -0.4 is 5.32 Å². The van der Waals surface area contributed by atoms with Crippen molar-refractivity contribution in [1.29, 1.82) is 0 Å². The van der Waals surface area contributed by atoms with E-state index in [0.29, 0.717) is 23.7 Å². The molecule has 0 unspecified atom stereocenters. The Bertz CT molecular complexity index is 714. The van der Waals surface area contributed by atoms with Gasteiger partial charge in [-0.1, -0.05) is 51.8 Å². The minimum Gasteiger partial charge on any atom is -0.350 e. The highest BCUT2D eigenvalue weighted by Gasteiger charge is 2.61. The van der Waals surface area contributed by atoms with Crippen LogP contribution in [0.2, 0.25) is 0 Å². The van der Waals surface area contributed by atoms with Gasteiger partial charge in [-0.3, -0.25) is 4.79 Å². The second-order valence-electron chi connectivity index (χ2n) is 11.4. The first kappa shape index (κ1) is 18.0. The fourth-order valence-corrected chi connectivity index (χ4v) is 7.63. The van der Waals surface area contributed by atoms with Crippen LogP contribution in [-0.2, 0) is 4.79 Å². The van der Waals surface area contributed by atoms with Gasteiger partial charge in [-0.15, -0.1) is 0 Å². The quantitative estimate of drug-likeness (QED) is 0.672. The maximum Gasteiger partial charge on any atom is 0.226 e. The maximum atomic E-state index is 13.5. The predicted octanol–water partition coefficient (Wildman–Crippen LogP) is 5.79. The zero-order valence-electron chi connectivity index (χ0n) is 17.7. The first-order chi connectivity index (χ1) is 12.8. The molecule has 1 N–H and O–H groups in total. The summed E-state index contributed by atoms with van der Waals surface area (Å²) in [6, 6.07) is 0. The van der Waals surface area contributed by atoms with E-state index in [2.05, 4.69) is 45.2 Å². The van der Waals surface area contributed by atoms with Gasteiger partial charge in [0.1, 0.15) is 0 Å². The highest BCUT2D eigenvalue weighted by molar-refractivity contribution is 5.84. The number of nitrogens with one attached hydrogen (secondary N) is 1.